The lowest BCUT2D eigenvalue weighted by Crippen LogP contribution is -2.10. The van der Waals surface area contributed by atoms with Crippen molar-refractivity contribution in [3.8, 4) is 0 Å². The van der Waals surface area contributed by atoms with E-state index in [2.05, 4.69) is 25.8 Å². The highest BCUT2D eigenvalue weighted by Gasteiger charge is 2.19. The molecule has 0 saturated heterocycles. The van der Waals surface area contributed by atoms with Gasteiger partial charge in [0.2, 0.25) is 9.84 Å². The molecule has 26 heavy (non-hydrogen) atoms. The summed E-state index contributed by atoms with van der Waals surface area (Å²) in [5.74, 6) is 1.19. The molecule has 0 radical (unpaired) electrons. The predicted octanol–water partition coefficient (Wildman–Crippen LogP) is 2.09. The first kappa shape index (κ1) is 17.9. The first-order valence-corrected chi connectivity index (χ1v) is 9.43. The number of benzene rings is 1. The van der Waals surface area contributed by atoms with Crippen LogP contribution in [0.4, 0.5) is 17.5 Å². The van der Waals surface area contributed by atoms with E-state index >= 15 is 0 Å². The van der Waals surface area contributed by atoms with Gasteiger partial charge in [-0.15, -0.1) is 0 Å². The van der Waals surface area contributed by atoms with Crippen molar-refractivity contribution in [1.82, 2.24) is 15.2 Å². The van der Waals surface area contributed by atoms with E-state index in [9.17, 15) is 8.42 Å². The van der Waals surface area contributed by atoms with Crippen LogP contribution in [-0.4, -0.2) is 41.9 Å². The molecule has 2 aromatic heterocycles. The molecule has 3 rings (SSSR count). The van der Waals surface area contributed by atoms with Gasteiger partial charge in [-0.3, -0.25) is 5.10 Å². The average molecular weight is 373 g/mol. The molecule has 4 N–H and O–H groups in total. The summed E-state index contributed by atoms with van der Waals surface area (Å²) in [6.45, 7) is 2.01. The highest BCUT2D eigenvalue weighted by molar-refractivity contribution is 7.91. The Morgan fingerprint density at radius 3 is 2.42 bits per heavy atom. The third-order valence-corrected chi connectivity index (χ3v) is 5.29. The quantitative estimate of drug-likeness (QED) is 0.500. The van der Waals surface area contributed by atoms with Crippen molar-refractivity contribution in [3.63, 3.8) is 0 Å². The molecule has 9 heteroatoms. The van der Waals surface area contributed by atoms with Gasteiger partial charge in [-0.05, 0) is 25.1 Å². The molecule has 0 aliphatic rings. The van der Waals surface area contributed by atoms with Crippen molar-refractivity contribution in [2.24, 2.45) is 0 Å². The highest BCUT2D eigenvalue weighted by Crippen LogP contribution is 2.26. The third-order valence-electron chi connectivity index (χ3n) is 3.54. The minimum absolute atomic E-state index is 0.0916. The molecule has 0 unspecified atom stereocenters. The molecular formula is C17H19N5O3S. The maximum absolute atomic E-state index is 12.9. The Morgan fingerprint density at radius 1 is 1.04 bits per heavy atom. The Bertz CT molecular complexity index is 987. The van der Waals surface area contributed by atoms with Crippen molar-refractivity contribution in [2.45, 2.75) is 16.7 Å². The predicted molar refractivity (Wildman–Crippen MR) is 98.3 cm³/mol. The zero-order valence-electron chi connectivity index (χ0n) is 14.1. The van der Waals surface area contributed by atoms with Gasteiger partial charge >= 0.3 is 0 Å². The molecule has 1 aromatic carbocycles. The zero-order valence-corrected chi connectivity index (χ0v) is 14.9. The number of nitrogens with one attached hydrogen (secondary N) is 3. The number of anilines is 3. The van der Waals surface area contributed by atoms with E-state index in [1.807, 2.05) is 6.92 Å². The number of aliphatic hydroxyl groups is 1. The number of sulfone groups is 1. The summed E-state index contributed by atoms with van der Waals surface area (Å²) in [6, 6.07) is 12.9. The third kappa shape index (κ3) is 4.01. The number of nitrogens with zero attached hydrogens (tertiary/aromatic N) is 2. The van der Waals surface area contributed by atoms with E-state index < -0.39 is 9.84 Å². The van der Waals surface area contributed by atoms with Crippen LogP contribution in [0.25, 0.3) is 0 Å². The summed E-state index contributed by atoms with van der Waals surface area (Å²) in [5, 5.41) is 21.8. The number of hydrogen-bond acceptors (Lipinski definition) is 7. The number of pyridine rings is 1. The molecule has 0 atom stereocenters. The number of H-pyrrole nitrogens is 1. The molecule has 0 amide bonds. The Labute approximate surface area is 151 Å². The standard InChI is InChI=1S/C17H19N5O3S/c1-12-9-17(22-21-12)20-16-11-14(10-15(19-16)18-7-8-23)26(24,25)13-5-3-2-4-6-13/h2-6,9-11,23H,7-8H2,1H3,(H3,18,19,20,21,22). The summed E-state index contributed by atoms with van der Waals surface area (Å²) in [7, 11) is -3.71. The number of aromatic amines is 1. The van der Waals surface area contributed by atoms with Gasteiger partial charge in [0.15, 0.2) is 5.82 Å². The number of hydrogen-bond donors (Lipinski definition) is 4. The minimum Gasteiger partial charge on any atom is -0.395 e. The molecular weight excluding hydrogens is 354 g/mol. The fraction of sp³-hybridized carbons (Fsp3) is 0.176. The van der Waals surface area contributed by atoms with Gasteiger partial charge in [-0.1, -0.05) is 18.2 Å². The summed E-state index contributed by atoms with van der Waals surface area (Å²) in [6.07, 6.45) is 0. The Hall–Kier alpha value is -2.91. The number of aryl methyl sites for hydroxylation is 1. The normalized spacial score (nSPS) is 11.3. The lowest BCUT2D eigenvalue weighted by molar-refractivity contribution is 0.311. The summed E-state index contributed by atoms with van der Waals surface area (Å²) < 4.78 is 25.8. The Morgan fingerprint density at radius 2 is 1.77 bits per heavy atom. The highest BCUT2D eigenvalue weighted by atomic mass is 32.2. The molecule has 0 fully saturated rings. The maximum Gasteiger partial charge on any atom is 0.206 e. The van der Waals surface area contributed by atoms with Gasteiger partial charge in [-0.2, -0.15) is 5.10 Å². The van der Waals surface area contributed by atoms with Crippen LogP contribution >= 0.6 is 0 Å². The van der Waals surface area contributed by atoms with Crippen LogP contribution in [0.3, 0.4) is 0 Å². The first-order chi connectivity index (χ1) is 12.5. The van der Waals surface area contributed by atoms with Crippen molar-refractivity contribution < 1.29 is 13.5 Å². The Balaban J connectivity index is 2.02. The fourth-order valence-corrected chi connectivity index (χ4v) is 3.67. The van der Waals surface area contributed by atoms with E-state index in [1.165, 1.54) is 12.1 Å². The molecule has 2 heterocycles. The summed E-state index contributed by atoms with van der Waals surface area (Å²) >= 11 is 0. The van der Waals surface area contributed by atoms with Crippen LogP contribution in [0.5, 0.6) is 0 Å². The minimum atomic E-state index is -3.71. The lowest BCUT2D eigenvalue weighted by atomic mass is 10.4. The smallest absolute Gasteiger partial charge is 0.206 e. The SMILES string of the molecule is Cc1cc(Nc2cc(S(=O)(=O)c3ccccc3)cc(NCCO)n2)n[nH]1. The second-order valence-electron chi connectivity index (χ2n) is 5.60. The second kappa shape index (κ2) is 7.54. The van der Waals surface area contributed by atoms with Gasteiger partial charge in [0.05, 0.1) is 16.4 Å². The largest absolute Gasteiger partial charge is 0.395 e. The van der Waals surface area contributed by atoms with Crippen molar-refractivity contribution in [2.75, 3.05) is 23.8 Å². The van der Waals surface area contributed by atoms with Crippen LogP contribution in [0.2, 0.25) is 0 Å². The van der Waals surface area contributed by atoms with Gasteiger partial charge in [0.25, 0.3) is 0 Å². The van der Waals surface area contributed by atoms with Crippen molar-refractivity contribution in [3.05, 3.63) is 54.2 Å². The Kier molecular flexibility index (Phi) is 5.19. The van der Waals surface area contributed by atoms with Crippen LogP contribution in [0, 0.1) is 6.92 Å². The monoisotopic (exact) mass is 373 g/mol. The van der Waals surface area contributed by atoms with Gasteiger partial charge in [0.1, 0.15) is 11.6 Å². The van der Waals surface area contributed by atoms with E-state index in [4.69, 9.17) is 5.11 Å². The average Bonchev–Trinajstić information content (AvgIpc) is 3.05. The van der Waals surface area contributed by atoms with Crippen LogP contribution in [0.1, 0.15) is 5.69 Å². The van der Waals surface area contributed by atoms with E-state index in [-0.39, 0.29) is 22.9 Å². The second-order valence-corrected chi connectivity index (χ2v) is 7.55. The fourth-order valence-electron chi connectivity index (χ4n) is 2.35. The number of aliphatic hydroxyl groups excluding tert-OH is 1. The molecule has 0 spiro atoms. The topological polar surface area (TPSA) is 120 Å². The van der Waals surface area contributed by atoms with Gasteiger partial charge < -0.3 is 15.7 Å². The van der Waals surface area contributed by atoms with Crippen LogP contribution < -0.4 is 10.6 Å². The van der Waals surface area contributed by atoms with Gasteiger partial charge in [0, 0.05) is 24.4 Å². The summed E-state index contributed by atoms with van der Waals surface area (Å²) in [5.41, 5.74) is 0.860. The number of aromatic nitrogens is 3. The first-order valence-electron chi connectivity index (χ1n) is 7.95. The lowest BCUT2D eigenvalue weighted by Gasteiger charge is -2.11. The molecule has 136 valence electrons. The summed E-state index contributed by atoms with van der Waals surface area (Å²) in [4.78, 5) is 4.62. The molecule has 0 bridgehead atoms. The molecule has 0 aliphatic carbocycles. The molecule has 0 aliphatic heterocycles. The molecule has 3 aromatic rings. The zero-order chi connectivity index (χ0) is 18.6. The number of rotatable bonds is 7. The maximum atomic E-state index is 12.9. The van der Waals surface area contributed by atoms with Crippen LogP contribution in [0.15, 0.2) is 58.3 Å². The van der Waals surface area contributed by atoms with Gasteiger partial charge in [-0.25, -0.2) is 13.4 Å². The van der Waals surface area contributed by atoms with E-state index in [0.717, 1.165) is 5.69 Å². The van der Waals surface area contributed by atoms with Crippen molar-refractivity contribution >= 4 is 27.3 Å². The molecule has 0 saturated carbocycles. The van der Waals surface area contributed by atoms with Crippen LogP contribution in [-0.2, 0) is 9.84 Å². The molecule has 8 nitrogen and oxygen atoms in total. The van der Waals surface area contributed by atoms with E-state index in [1.54, 1.807) is 36.4 Å². The van der Waals surface area contributed by atoms with E-state index in [0.29, 0.717) is 17.5 Å². The van der Waals surface area contributed by atoms with Crippen molar-refractivity contribution in [1.29, 1.82) is 0 Å².